The van der Waals surface area contributed by atoms with Crippen molar-refractivity contribution in [3.05, 3.63) is 48.0 Å². The van der Waals surface area contributed by atoms with Crippen LogP contribution in [0.4, 0.5) is 5.69 Å². The number of likely N-dealkylation sites (N-methyl/N-ethyl adjacent to an activating group) is 1. The molecule has 2 N–H and O–H groups in total. The number of hydrogen-bond donors (Lipinski definition) is 1. The summed E-state index contributed by atoms with van der Waals surface area (Å²) in [6.45, 7) is 7.51. The number of benzene rings is 2. The van der Waals surface area contributed by atoms with Gasteiger partial charge < -0.3 is 19.3 Å². The Hall–Kier alpha value is -2.13. The van der Waals surface area contributed by atoms with Crippen molar-refractivity contribution in [1.82, 2.24) is 4.90 Å². The van der Waals surface area contributed by atoms with Crippen molar-refractivity contribution in [2.75, 3.05) is 45.2 Å². The maximum absolute atomic E-state index is 12.7. The molecule has 184 valence electrons. The number of ether oxygens (including phenoxy) is 2. The third-order valence-electron chi connectivity index (χ3n) is 5.22. The number of sulfonamides is 1. The van der Waals surface area contributed by atoms with Crippen LogP contribution in [0.15, 0.2) is 47.4 Å². The number of nitrogens with zero attached hydrogens (tertiary/aromatic N) is 2. The summed E-state index contributed by atoms with van der Waals surface area (Å²) in [5, 5.41) is 5.67. The molecule has 7 nitrogen and oxygen atoms in total. The van der Waals surface area contributed by atoms with E-state index in [0.717, 1.165) is 56.6 Å². The quantitative estimate of drug-likeness (QED) is 0.377. The zero-order chi connectivity index (χ0) is 24.3. The molecule has 0 saturated heterocycles. The van der Waals surface area contributed by atoms with Crippen molar-refractivity contribution in [2.45, 2.75) is 51.0 Å². The molecule has 0 aromatic heterocycles. The van der Waals surface area contributed by atoms with Gasteiger partial charge in [-0.1, -0.05) is 44.9 Å². The van der Waals surface area contributed by atoms with Crippen LogP contribution in [0.3, 0.4) is 0 Å². The van der Waals surface area contributed by atoms with E-state index < -0.39 is 10.0 Å². The summed E-state index contributed by atoms with van der Waals surface area (Å²) in [5.41, 5.74) is 1.49. The first kappa shape index (κ1) is 27.1. The van der Waals surface area contributed by atoms with E-state index >= 15 is 0 Å². The van der Waals surface area contributed by atoms with Crippen molar-refractivity contribution in [2.24, 2.45) is 5.14 Å². The van der Waals surface area contributed by atoms with Crippen LogP contribution in [0.2, 0.25) is 0 Å². The molecule has 0 radical (unpaired) electrons. The average Bonchev–Trinajstić information content (AvgIpc) is 2.77. The SMILES string of the molecule is CCCCN(CCCC)c1cc(COCCN(C)C)cc(S(N)(=O)=O)c1Oc1ccccc1. The third kappa shape index (κ3) is 8.97. The van der Waals surface area contributed by atoms with Gasteiger partial charge in [-0.25, -0.2) is 13.6 Å². The van der Waals surface area contributed by atoms with Crippen LogP contribution in [-0.2, 0) is 21.4 Å². The van der Waals surface area contributed by atoms with E-state index in [4.69, 9.17) is 14.6 Å². The standard InChI is InChI=1S/C25H39N3O4S/c1-5-7-14-28(15-8-6-2)23-18-21(20-31-17-16-27(3)4)19-24(33(26,29)30)25(23)32-22-12-10-9-11-13-22/h9-13,18-19H,5-8,14-17,20H2,1-4H3,(H2,26,29,30). The summed E-state index contributed by atoms with van der Waals surface area (Å²) in [6.07, 6.45) is 4.05. The van der Waals surface area contributed by atoms with Crippen LogP contribution >= 0.6 is 0 Å². The van der Waals surface area contributed by atoms with E-state index in [1.54, 1.807) is 18.2 Å². The number of rotatable bonds is 15. The lowest BCUT2D eigenvalue weighted by molar-refractivity contribution is 0.105. The van der Waals surface area contributed by atoms with Crippen LogP contribution in [0.5, 0.6) is 11.5 Å². The first-order valence-electron chi connectivity index (χ1n) is 11.7. The van der Waals surface area contributed by atoms with Gasteiger partial charge in [0.1, 0.15) is 10.6 Å². The highest BCUT2D eigenvalue weighted by Crippen LogP contribution is 2.39. The molecule has 0 aliphatic heterocycles. The molecule has 0 aliphatic rings. The molecule has 2 aromatic rings. The molecule has 0 bridgehead atoms. The minimum absolute atomic E-state index is 0.0203. The zero-order valence-electron chi connectivity index (χ0n) is 20.4. The Morgan fingerprint density at radius 3 is 2.12 bits per heavy atom. The van der Waals surface area contributed by atoms with E-state index in [9.17, 15) is 8.42 Å². The average molecular weight is 478 g/mol. The molecule has 0 atom stereocenters. The lowest BCUT2D eigenvalue weighted by Crippen LogP contribution is -2.27. The van der Waals surface area contributed by atoms with Gasteiger partial charge >= 0.3 is 0 Å². The van der Waals surface area contributed by atoms with Crippen molar-refractivity contribution in [3.8, 4) is 11.5 Å². The molecule has 0 unspecified atom stereocenters. The summed E-state index contributed by atoms with van der Waals surface area (Å²) in [5.74, 6) is 0.831. The fraction of sp³-hybridized carbons (Fsp3) is 0.520. The number of hydrogen-bond acceptors (Lipinski definition) is 6. The fourth-order valence-corrected chi connectivity index (χ4v) is 4.09. The first-order chi connectivity index (χ1) is 15.8. The van der Waals surface area contributed by atoms with Crippen LogP contribution in [0, 0.1) is 0 Å². The van der Waals surface area contributed by atoms with Crippen LogP contribution in [-0.4, -0.2) is 53.7 Å². The summed E-state index contributed by atoms with van der Waals surface area (Å²) < 4.78 is 37.3. The van der Waals surface area contributed by atoms with Crippen molar-refractivity contribution >= 4 is 15.7 Å². The molecule has 0 fully saturated rings. The van der Waals surface area contributed by atoms with Gasteiger partial charge in [0.15, 0.2) is 5.75 Å². The number of para-hydroxylation sites is 1. The Morgan fingerprint density at radius 2 is 1.58 bits per heavy atom. The Kier molecular flexibility index (Phi) is 11.1. The van der Waals surface area contributed by atoms with Gasteiger partial charge in [0.05, 0.1) is 18.9 Å². The van der Waals surface area contributed by atoms with Crippen LogP contribution in [0.25, 0.3) is 0 Å². The normalized spacial score (nSPS) is 11.7. The molecule has 0 aliphatic carbocycles. The Morgan fingerprint density at radius 1 is 0.939 bits per heavy atom. The number of unbranched alkanes of at least 4 members (excludes halogenated alkanes) is 2. The Bertz CT molecular complexity index is 942. The van der Waals surface area contributed by atoms with Gasteiger partial charge in [-0.05, 0) is 56.8 Å². The van der Waals surface area contributed by atoms with Gasteiger partial charge in [0, 0.05) is 19.6 Å². The first-order valence-corrected chi connectivity index (χ1v) is 13.2. The molecule has 33 heavy (non-hydrogen) atoms. The van der Waals surface area contributed by atoms with E-state index in [2.05, 4.69) is 18.7 Å². The third-order valence-corrected chi connectivity index (χ3v) is 6.14. The Labute approximate surface area is 199 Å². The Balaban J connectivity index is 2.56. The van der Waals surface area contributed by atoms with Crippen molar-refractivity contribution in [3.63, 3.8) is 0 Å². The second-order valence-corrected chi connectivity index (χ2v) is 9.98. The number of primary sulfonamides is 1. The second-order valence-electron chi connectivity index (χ2n) is 8.45. The van der Waals surface area contributed by atoms with Crippen LogP contribution < -0.4 is 14.8 Å². The smallest absolute Gasteiger partial charge is 0.241 e. The molecule has 0 spiro atoms. The van der Waals surface area contributed by atoms with E-state index in [1.165, 1.54) is 0 Å². The lowest BCUT2D eigenvalue weighted by Gasteiger charge is -2.28. The topological polar surface area (TPSA) is 85.1 Å². The molecular weight excluding hydrogens is 438 g/mol. The van der Waals surface area contributed by atoms with Gasteiger partial charge in [-0.15, -0.1) is 0 Å². The monoisotopic (exact) mass is 477 g/mol. The minimum Gasteiger partial charge on any atom is -0.454 e. The predicted molar refractivity (Wildman–Crippen MR) is 135 cm³/mol. The number of anilines is 1. The van der Waals surface area contributed by atoms with Gasteiger partial charge in [-0.2, -0.15) is 0 Å². The molecule has 2 rings (SSSR count). The summed E-state index contributed by atoms with van der Waals surface area (Å²) in [6, 6.07) is 12.7. The van der Waals surface area contributed by atoms with Gasteiger partial charge in [0.25, 0.3) is 0 Å². The minimum atomic E-state index is -4.03. The van der Waals surface area contributed by atoms with Gasteiger partial charge in [-0.3, -0.25) is 0 Å². The molecule has 8 heteroatoms. The summed E-state index contributed by atoms with van der Waals surface area (Å²) in [7, 11) is -0.0691. The predicted octanol–water partition coefficient (Wildman–Crippen LogP) is 4.61. The van der Waals surface area contributed by atoms with Crippen LogP contribution in [0.1, 0.15) is 45.1 Å². The number of nitrogens with two attached hydrogens (primary N) is 1. The molecule has 0 heterocycles. The molecule has 0 amide bonds. The van der Waals surface area contributed by atoms with E-state index in [-0.39, 0.29) is 10.6 Å². The highest BCUT2D eigenvalue weighted by Gasteiger charge is 2.24. The van der Waals surface area contributed by atoms with Crippen molar-refractivity contribution < 1.29 is 17.9 Å². The second kappa shape index (κ2) is 13.5. The zero-order valence-corrected chi connectivity index (χ0v) is 21.2. The summed E-state index contributed by atoms with van der Waals surface area (Å²) in [4.78, 5) is 4.23. The maximum atomic E-state index is 12.7. The largest absolute Gasteiger partial charge is 0.454 e. The summed E-state index contributed by atoms with van der Waals surface area (Å²) >= 11 is 0. The maximum Gasteiger partial charge on any atom is 0.241 e. The lowest BCUT2D eigenvalue weighted by atomic mass is 10.1. The van der Waals surface area contributed by atoms with E-state index in [0.29, 0.717) is 19.0 Å². The highest BCUT2D eigenvalue weighted by molar-refractivity contribution is 7.89. The molecule has 0 saturated carbocycles. The highest BCUT2D eigenvalue weighted by atomic mass is 32.2. The molecule has 2 aromatic carbocycles. The van der Waals surface area contributed by atoms with E-state index in [1.807, 2.05) is 43.3 Å². The van der Waals surface area contributed by atoms with Gasteiger partial charge in [0.2, 0.25) is 10.0 Å². The fourth-order valence-electron chi connectivity index (χ4n) is 3.37. The molecular formula is C25H39N3O4S. The van der Waals surface area contributed by atoms with Crippen molar-refractivity contribution in [1.29, 1.82) is 0 Å².